The Labute approximate surface area is 131 Å². The lowest BCUT2D eigenvalue weighted by molar-refractivity contribution is 0.0712. The van der Waals surface area contributed by atoms with Crippen LogP contribution in [0.1, 0.15) is 55.6 Å². The van der Waals surface area contributed by atoms with Gasteiger partial charge in [0.15, 0.2) is 0 Å². The van der Waals surface area contributed by atoms with Crippen LogP contribution in [0.25, 0.3) is 0 Å². The molecule has 2 atom stereocenters. The molecule has 2 unspecified atom stereocenters. The van der Waals surface area contributed by atoms with E-state index in [2.05, 4.69) is 17.3 Å². The number of ether oxygens (including phenoxy) is 1. The molecular formula is C15H24ClN3O2. The van der Waals surface area contributed by atoms with Gasteiger partial charge in [-0.25, -0.2) is 0 Å². The Morgan fingerprint density at radius 3 is 3.00 bits per heavy atom. The molecule has 2 rings (SSSR count). The van der Waals surface area contributed by atoms with Crippen molar-refractivity contribution in [1.82, 2.24) is 15.1 Å². The zero-order valence-corrected chi connectivity index (χ0v) is 13.7. The van der Waals surface area contributed by atoms with Gasteiger partial charge in [0, 0.05) is 13.2 Å². The predicted octanol–water partition coefficient (Wildman–Crippen LogP) is 2.94. The molecule has 1 aliphatic heterocycles. The number of nitrogens with one attached hydrogen (secondary N) is 1. The van der Waals surface area contributed by atoms with Crippen LogP contribution in [0.4, 0.5) is 0 Å². The van der Waals surface area contributed by atoms with E-state index in [1.54, 1.807) is 4.68 Å². The Morgan fingerprint density at radius 1 is 1.62 bits per heavy atom. The summed E-state index contributed by atoms with van der Waals surface area (Å²) in [6.07, 6.45) is 4.20. The van der Waals surface area contributed by atoms with Crippen LogP contribution in [0, 0.1) is 6.92 Å². The van der Waals surface area contributed by atoms with E-state index in [1.807, 2.05) is 13.8 Å². The topological polar surface area (TPSA) is 56.2 Å². The highest BCUT2D eigenvalue weighted by atomic mass is 35.5. The number of hydrogen-bond donors (Lipinski definition) is 1. The number of halogens is 1. The summed E-state index contributed by atoms with van der Waals surface area (Å²) < 4.78 is 7.32. The molecule has 5 nitrogen and oxygen atoms in total. The molecule has 1 fully saturated rings. The van der Waals surface area contributed by atoms with Crippen LogP contribution in [0.5, 0.6) is 0 Å². The summed E-state index contributed by atoms with van der Waals surface area (Å²) in [5, 5.41) is 7.78. The molecule has 118 valence electrons. The average Bonchev–Trinajstić information content (AvgIpc) is 3.05. The number of rotatable bonds is 6. The maximum atomic E-state index is 12.4. The SMILES string of the molecule is CCCCn1nc(C)c(C(=O)NC(C)C2CCCO2)c1Cl. The van der Waals surface area contributed by atoms with Crippen molar-refractivity contribution in [3.05, 3.63) is 16.4 Å². The Balaban J connectivity index is 2.06. The number of nitrogens with zero attached hydrogens (tertiary/aromatic N) is 2. The predicted molar refractivity (Wildman–Crippen MR) is 82.8 cm³/mol. The summed E-state index contributed by atoms with van der Waals surface area (Å²) in [6, 6.07) is -0.0190. The van der Waals surface area contributed by atoms with E-state index in [-0.39, 0.29) is 18.1 Å². The van der Waals surface area contributed by atoms with Gasteiger partial charge in [-0.05, 0) is 33.1 Å². The van der Waals surface area contributed by atoms with Crippen molar-refractivity contribution in [3.8, 4) is 0 Å². The van der Waals surface area contributed by atoms with Crippen molar-refractivity contribution >= 4 is 17.5 Å². The molecule has 0 bridgehead atoms. The number of unbranched alkanes of at least 4 members (excludes halogenated alkanes) is 1. The van der Waals surface area contributed by atoms with Gasteiger partial charge in [0.1, 0.15) is 5.15 Å². The van der Waals surface area contributed by atoms with Crippen LogP contribution in [0.15, 0.2) is 0 Å². The van der Waals surface area contributed by atoms with Crippen molar-refractivity contribution < 1.29 is 9.53 Å². The molecule has 0 aliphatic carbocycles. The zero-order valence-electron chi connectivity index (χ0n) is 13.0. The molecule has 0 saturated carbocycles. The third-order valence-corrected chi connectivity index (χ3v) is 4.28. The summed E-state index contributed by atoms with van der Waals surface area (Å²) in [4.78, 5) is 12.4. The lowest BCUT2D eigenvalue weighted by Gasteiger charge is -2.19. The van der Waals surface area contributed by atoms with Gasteiger partial charge >= 0.3 is 0 Å². The summed E-state index contributed by atoms with van der Waals surface area (Å²) in [6.45, 7) is 7.42. The molecule has 0 aromatic carbocycles. The van der Waals surface area contributed by atoms with E-state index in [0.29, 0.717) is 16.4 Å². The van der Waals surface area contributed by atoms with Crippen molar-refractivity contribution in [2.24, 2.45) is 0 Å². The summed E-state index contributed by atoms with van der Waals surface area (Å²) >= 11 is 6.31. The minimum absolute atomic E-state index is 0.0190. The van der Waals surface area contributed by atoms with Crippen LogP contribution >= 0.6 is 11.6 Å². The van der Waals surface area contributed by atoms with Crippen LogP contribution in [-0.4, -0.2) is 34.4 Å². The Hall–Kier alpha value is -1.07. The van der Waals surface area contributed by atoms with Gasteiger partial charge < -0.3 is 10.1 Å². The summed E-state index contributed by atoms with van der Waals surface area (Å²) in [7, 11) is 0. The first-order chi connectivity index (χ1) is 10.0. The van der Waals surface area contributed by atoms with Gasteiger partial charge in [-0.1, -0.05) is 24.9 Å². The van der Waals surface area contributed by atoms with E-state index >= 15 is 0 Å². The number of amides is 1. The zero-order chi connectivity index (χ0) is 15.4. The third kappa shape index (κ3) is 3.77. The fraction of sp³-hybridized carbons (Fsp3) is 0.733. The minimum atomic E-state index is -0.164. The summed E-state index contributed by atoms with van der Waals surface area (Å²) in [5.74, 6) is -0.164. The van der Waals surface area contributed by atoms with Gasteiger partial charge in [0.25, 0.3) is 5.91 Å². The number of aryl methyl sites for hydroxylation is 2. The molecule has 1 aromatic rings. The van der Waals surface area contributed by atoms with E-state index in [9.17, 15) is 4.79 Å². The molecule has 1 aromatic heterocycles. The molecule has 21 heavy (non-hydrogen) atoms. The third-order valence-electron chi connectivity index (χ3n) is 3.90. The molecule has 6 heteroatoms. The molecule has 0 spiro atoms. The maximum absolute atomic E-state index is 12.4. The Kier molecular flexibility index (Phi) is 5.65. The number of aromatic nitrogens is 2. The van der Waals surface area contributed by atoms with Crippen molar-refractivity contribution in [2.45, 2.75) is 65.1 Å². The Morgan fingerprint density at radius 2 is 2.38 bits per heavy atom. The lowest BCUT2D eigenvalue weighted by atomic mass is 10.1. The normalized spacial score (nSPS) is 19.7. The van der Waals surface area contributed by atoms with Crippen LogP contribution < -0.4 is 5.32 Å². The molecular weight excluding hydrogens is 290 g/mol. The first-order valence-electron chi connectivity index (χ1n) is 7.70. The summed E-state index contributed by atoms with van der Waals surface area (Å²) in [5.41, 5.74) is 1.16. The van der Waals surface area contributed by atoms with Crippen molar-refractivity contribution in [1.29, 1.82) is 0 Å². The minimum Gasteiger partial charge on any atom is -0.376 e. The number of hydrogen-bond acceptors (Lipinski definition) is 3. The van der Waals surface area contributed by atoms with E-state index in [1.165, 1.54) is 0 Å². The molecule has 1 aliphatic rings. The van der Waals surface area contributed by atoms with Crippen molar-refractivity contribution in [2.75, 3.05) is 6.61 Å². The molecule has 2 heterocycles. The number of carbonyl (C=O) groups excluding carboxylic acids is 1. The second-order valence-corrected chi connectivity index (χ2v) is 6.00. The highest BCUT2D eigenvalue weighted by Gasteiger charge is 2.26. The van der Waals surface area contributed by atoms with Gasteiger partial charge in [-0.3, -0.25) is 9.48 Å². The second-order valence-electron chi connectivity index (χ2n) is 5.64. The molecule has 1 N–H and O–H groups in total. The fourth-order valence-corrected chi connectivity index (χ4v) is 2.98. The van der Waals surface area contributed by atoms with Crippen molar-refractivity contribution in [3.63, 3.8) is 0 Å². The van der Waals surface area contributed by atoms with Gasteiger partial charge in [0.05, 0.1) is 23.4 Å². The van der Waals surface area contributed by atoms with Gasteiger partial charge in [-0.15, -0.1) is 0 Å². The highest BCUT2D eigenvalue weighted by molar-refractivity contribution is 6.33. The van der Waals surface area contributed by atoms with Crippen LogP contribution in [-0.2, 0) is 11.3 Å². The van der Waals surface area contributed by atoms with Gasteiger partial charge in [-0.2, -0.15) is 5.10 Å². The first kappa shape index (κ1) is 16.3. The van der Waals surface area contributed by atoms with Crippen LogP contribution in [0.2, 0.25) is 5.15 Å². The van der Waals surface area contributed by atoms with E-state index in [0.717, 1.165) is 38.8 Å². The molecule has 1 saturated heterocycles. The van der Waals surface area contributed by atoms with E-state index in [4.69, 9.17) is 16.3 Å². The smallest absolute Gasteiger partial charge is 0.256 e. The molecule has 0 radical (unpaired) electrons. The maximum Gasteiger partial charge on any atom is 0.256 e. The monoisotopic (exact) mass is 313 g/mol. The fourth-order valence-electron chi connectivity index (χ4n) is 2.64. The standard InChI is InChI=1S/C15H24ClN3O2/c1-4-5-8-19-14(16)13(11(3)18-19)15(20)17-10(2)12-7-6-9-21-12/h10,12H,4-9H2,1-3H3,(H,17,20). The second kappa shape index (κ2) is 7.27. The quantitative estimate of drug-likeness (QED) is 0.878. The number of carbonyl (C=O) groups is 1. The Bertz CT molecular complexity index is 495. The largest absolute Gasteiger partial charge is 0.376 e. The average molecular weight is 314 g/mol. The highest BCUT2D eigenvalue weighted by Crippen LogP contribution is 2.21. The lowest BCUT2D eigenvalue weighted by Crippen LogP contribution is -2.41. The van der Waals surface area contributed by atoms with Crippen LogP contribution in [0.3, 0.4) is 0 Å². The van der Waals surface area contributed by atoms with Gasteiger partial charge in [0.2, 0.25) is 0 Å². The first-order valence-corrected chi connectivity index (χ1v) is 8.07. The molecule has 1 amide bonds. The van der Waals surface area contributed by atoms with E-state index < -0.39 is 0 Å².